The van der Waals surface area contributed by atoms with E-state index in [1.54, 1.807) is 7.11 Å². The summed E-state index contributed by atoms with van der Waals surface area (Å²) in [5, 5.41) is 10.7. The van der Waals surface area contributed by atoms with Gasteiger partial charge in [-0.2, -0.15) is 0 Å². The van der Waals surface area contributed by atoms with Gasteiger partial charge in [-0.25, -0.2) is 0 Å². The summed E-state index contributed by atoms with van der Waals surface area (Å²) in [5.74, 6) is 2.36. The van der Waals surface area contributed by atoms with Crippen LogP contribution in [0, 0.1) is 11.8 Å². The Balaban J connectivity index is 1.80. The van der Waals surface area contributed by atoms with E-state index < -0.39 is 0 Å². The third-order valence-electron chi connectivity index (χ3n) is 5.68. The molecule has 146 valence electrons. The van der Waals surface area contributed by atoms with Crippen LogP contribution in [0.2, 0.25) is 0 Å². The molecule has 0 bridgehead atoms. The molecule has 0 aromatic heterocycles. The van der Waals surface area contributed by atoms with Crippen molar-refractivity contribution in [2.24, 2.45) is 11.8 Å². The maximum absolute atomic E-state index is 12.3. The van der Waals surface area contributed by atoms with Gasteiger partial charge >= 0.3 is 0 Å². The first-order chi connectivity index (χ1) is 12.5. The Morgan fingerprint density at radius 3 is 2.81 bits per heavy atom. The highest BCUT2D eigenvalue weighted by atomic mass is 19.1. The van der Waals surface area contributed by atoms with Crippen LogP contribution in [0.15, 0.2) is 12.1 Å². The number of aliphatic hydroxyl groups is 1. The lowest BCUT2D eigenvalue weighted by Gasteiger charge is -2.46. The largest absolute Gasteiger partial charge is 0.493 e. The highest BCUT2D eigenvalue weighted by Crippen LogP contribution is 2.43. The van der Waals surface area contributed by atoms with E-state index in [0.717, 1.165) is 32.4 Å². The number of rotatable bonds is 7. The van der Waals surface area contributed by atoms with E-state index in [4.69, 9.17) is 9.47 Å². The summed E-state index contributed by atoms with van der Waals surface area (Å²) < 4.78 is 23.6. The predicted molar refractivity (Wildman–Crippen MR) is 101 cm³/mol. The van der Waals surface area contributed by atoms with E-state index in [2.05, 4.69) is 30.9 Å². The second-order valence-corrected chi connectivity index (χ2v) is 8.05. The van der Waals surface area contributed by atoms with Gasteiger partial charge in [-0.1, -0.05) is 13.8 Å². The number of ether oxygens (including phenoxy) is 2. The molecule has 1 saturated heterocycles. The molecule has 2 heterocycles. The van der Waals surface area contributed by atoms with Crippen molar-refractivity contribution < 1.29 is 19.0 Å². The molecule has 1 fully saturated rings. The van der Waals surface area contributed by atoms with E-state index >= 15 is 0 Å². The van der Waals surface area contributed by atoms with Crippen LogP contribution in [0.5, 0.6) is 11.5 Å². The van der Waals surface area contributed by atoms with E-state index in [9.17, 15) is 9.50 Å². The number of methoxy groups -OCH3 is 1. The molecule has 0 unspecified atom stereocenters. The van der Waals surface area contributed by atoms with Crippen molar-refractivity contribution in [2.45, 2.75) is 51.7 Å². The van der Waals surface area contributed by atoms with E-state index in [1.165, 1.54) is 11.1 Å². The predicted octanol–water partition coefficient (Wildman–Crippen LogP) is 3.76. The van der Waals surface area contributed by atoms with Crippen molar-refractivity contribution in [2.75, 3.05) is 33.5 Å². The Morgan fingerprint density at radius 2 is 2.12 bits per heavy atom. The van der Waals surface area contributed by atoms with Crippen LogP contribution >= 0.6 is 0 Å². The minimum absolute atomic E-state index is 0.242. The van der Waals surface area contributed by atoms with Gasteiger partial charge < -0.3 is 14.6 Å². The Kier molecular flexibility index (Phi) is 6.41. The van der Waals surface area contributed by atoms with Crippen molar-refractivity contribution in [1.29, 1.82) is 0 Å². The minimum Gasteiger partial charge on any atom is -0.493 e. The Hall–Kier alpha value is -1.33. The molecular formula is C21H32FNO3. The van der Waals surface area contributed by atoms with Gasteiger partial charge in [-0.15, -0.1) is 0 Å². The lowest BCUT2D eigenvalue weighted by atomic mass is 9.79. The number of benzene rings is 1. The summed E-state index contributed by atoms with van der Waals surface area (Å²) in [6.07, 6.45) is 2.95. The summed E-state index contributed by atoms with van der Waals surface area (Å²) in [7, 11) is 1.64. The van der Waals surface area contributed by atoms with Gasteiger partial charge in [0.05, 0.1) is 26.5 Å². The molecule has 2 aliphatic rings. The number of fused-ring (bicyclic) bond motifs is 3. The standard InChI is InChI=1S/C21H32FNO3/c1-14(2)9-16-13-23-7-5-15-10-21(26-8-4-6-22)20(25-3)11-17(15)18(23)12-19(16)24/h10-11,14,16,18-19,24H,4-9,12-13H2,1-3H3/t16-,18-,19+/m0/s1. The van der Waals surface area contributed by atoms with Crippen molar-refractivity contribution in [3.05, 3.63) is 23.3 Å². The molecule has 3 atom stereocenters. The lowest BCUT2D eigenvalue weighted by molar-refractivity contribution is -0.0191. The lowest BCUT2D eigenvalue weighted by Crippen LogP contribution is -2.48. The van der Waals surface area contributed by atoms with Gasteiger partial charge in [0.2, 0.25) is 0 Å². The zero-order chi connectivity index (χ0) is 18.7. The molecule has 1 aromatic carbocycles. The van der Waals surface area contributed by atoms with Crippen LogP contribution in [0.1, 0.15) is 50.3 Å². The fourth-order valence-electron chi connectivity index (χ4n) is 4.45. The fraction of sp³-hybridized carbons (Fsp3) is 0.714. The van der Waals surface area contributed by atoms with Crippen molar-refractivity contribution in [3.63, 3.8) is 0 Å². The first kappa shape index (κ1) is 19.4. The van der Waals surface area contributed by atoms with Crippen molar-refractivity contribution in [1.82, 2.24) is 4.90 Å². The van der Waals surface area contributed by atoms with Gasteiger partial charge in [0.25, 0.3) is 0 Å². The molecule has 2 aliphatic heterocycles. The summed E-state index contributed by atoms with van der Waals surface area (Å²) in [4.78, 5) is 2.52. The van der Waals surface area contributed by atoms with E-state index in [1.807, 2.05) is 0 Å². The molecule has 26 heavy (non-hydrogen) atoms. The number of halogens is 1. The summed E-state index contributed by atoms with van der Waals surface area (Å²) in [5.41, 5.74) is 2.50. The van der Waals surface area contributed by atoms with Gasteiger partial charge in [0, 0.05) is 25.6 Å². The molecule has 0 saturated carbocycles. The second kappa shape index (κ2) is 8.57. The Morgan fingerprint density at radius 1 is 1.31 bits per heavy atom. The quantitative estimate of drug-likeness (QED) is 0.747. The third-order valence-corrected chi connectivity index (χ3v) is 5.68. The zero-order valence-corrected chi connectivity index (χ0v) is 16.2. The summed E-state index contributed by atoms with van der Waals surface area (Å²) >= 11 is 0. The van der Waals surface area contributed by atoms with Gasteiger partial charge in [0.15, 0.2) is 11.5 Å². The first-order valence-corrected chi connectivity index (χ1v) is 9.85. The minimum atomic E-state index is -0.375. The summed E-state index contributed by atoms with van der Waals surface area (Å²) in [6.45, 7) is 6.39. The molecule has 4 nitrogen and oxygen atoms in total. The van der Waals surface area contributed by atoms with Crippen LogP contribution < -0.4 is 9.47 Å². The molecule has 0 spiro atoms. The number of hydrogen-bond donors (Lipinski definition) is 1. The molecule has 3 rings (SSSR count). The van der Waals surface area contributed by atoms with Crippen LogP contribution in [-0.4, -0.2) is 49.6 Å². The van der Waals surface area contributed by atoms with Crippen LogP contribution in [0.3, 0.4) is 0 Å². The van der Waals surface area contributed by atoms with Crippen LogP contribution in [-0.2, 0) is 6.42 Å². The Bertz CT molecular complexity index is 607. The maximum Gasteiger partial charge on any atom is 0.161 e. The Labute approximate surface area is 156 Å². The molecule has 0 aliphatic carbocycles. The first-order valence-electron chi connectivity index (χ1n) is 9.85. The smallest absolute Gasteiger partial charge is 0.161 e. The molecule has 5 heteroatoms. The second-order valence-electron chi connectivity index (χ2n) is 8.05. The number of nitrogens with zero attached hydrogens (tertiary/aromatic N) is 1. The molecule has 0 amide bonds. The van der Waals surface area contributed by atoms with Gasteiger partial charge in [0.1, 0.15) is 0 Å². The highest BCUT2D eigenvalue weighted by molar-refractivity contribution is 5.49. The number of aliphatic hydroxyl groups excluding tert-OH is 1. The number of hydrogen-bond acceptors (Lipinski definition) is 4. The average Bonchev–Trinajstić information content (AvgIpc) is 2.61. The topological polar surface area (TPSA) is 41.9 Å². The monoisotopic (exact) mass is 365 g/mol. The van der Waals surface area contributed by atoms with Crippen LogP contribution in [0.4, 0.5) is 4.39 Å². The van der Waals surface area contributed by atoms with Crippen molar-refractivity contribution >= 4 is 0 Å². The third kappa shape index (κ3) is 4.15. The molecule has 1 aromatic rings. The molecule has 0 radical (unpaired) electrons. The van der Waals surface area contributed by atoms with Crippen molar-refractivity contribution in [3.8, 4) is 11.5 Å². The van der Waals surface area contributed by atoms with E-state index in [-0.39, 0.29) is 18.8 Å². The molecule has 1 N–H and O–H groups in total. The maximum atomic E-state index is 12.3. The van der Waals surface area contributed by atoms with Gasteiger partial charge in [-0.3, -0.25) is 9.29 Å². The average molecular weight is 365 g/mol. The molecular weight excluding hydrogens is 333 g/mol. The highest BCUT2D eigenvalue weighted by Gasteiger charge is 2.38. The van der Waals surface area contributed by atoms with Gasteiger partial charge in [-0.05, 0) is 54.4 Å². The summed E-state index contributed by atoms with van der Waals surface area (Å²) in [6, 6.07) is 4.36. The zero-order valence-electron chi connectivity index (χ0n) is 16.2. The number of piperidine rings is 1. The van der Waals surface area contributed by atoms with Crippen LogP contribution in [0.25, 0.3) is 0 Å². The number of alkyl halides is 1. The van der Waals surface area contributed by atoms with E-state index in [0.29, 0.717) is 36.4 Å². The SMILES string of the molecule is COc1cc2c(cc1OCCCF)CCN1C[C@H](CC(C)C)[C@H](O)C[C@@H]21. The normalized spacial score (nSPS) is 25.7. The fourth-order valence-corrected chi connectivity index (χ4v) is 4.45.